The van der Waals surface area contributed by atoms with Crippen LogP contribution in [0.2, 0.25) is 0 Å². The molecule has 0 aliphatic heterocycles. The average molecular weight is 343 g/mol. The molecule has 4 rings (SSSR count). The van der Waals surface area contributed by atoms with Crippen molar-refractivity contribution in [3.05, 3.63) is 77.9 Å². The van der Waals surface area contributed by atoms with Crippen LogP contribution in [0.15, 0.2) is 71.7 Å². The Morgan fingerprint density at radius 1 is 0.692 bits per heavy atom. The first-order valence-electron chi connectivity index (χ1n) is 8.29. The number of phenols is 3. The molecule has 0 radical (unpaired) electrons. The van der Waals surface area contributed by atoms with Crippen molar-refractivity contribution in [2.75, 3.05) is 0 Å². The Labute approximate surface area is 150 Å². The molecule has 0 unspecified atom stereocenters. The van der Waals surface area contributed by atoms with E-state index in [0.29, 0.717) is 28.1 Å². The smallest absolute Gasteiger partial charge is 0.138 e. The molecule has 4 heteroatoms. The fourth-order valence-electron chi connectivity index (χ4n) is 3.26. The maximum atomic E-state index is 10.6. The summed E-state index contributed by atoms with van der Waals surface area (Å²) < 4.78 is 0. The van der Waals surface area contributed by atoms with Crippen LogP contribution in [0.25, 0.3) is 21.5 Å². The number of fused-ring (bicyclic) bond motifs is 2. The molecule has 0 spiro atoms. The van der Waals surface area contributed by atoms with Gasteiger partial charge in [-0.15, -0.1) is 0 Å². The first-order chi connectivity index (χ1) is 12.7. The zero-order valence-electron chi connectivity index (χ0n) is 13.9. The van der Waals surface area contributed by atoms with Crippen molar-refractivity contribution in [2.45, 2.75) is 6.54 Å². The zero-order chi connectivity index (χ0) is 18.1. The second-order valence-corrected chi connectivity index (χ2v) is 6.12. The lowest BCUT2D eigenvalue weighted by Gasteiger charge is -2.13. The minimum atomic E-state index is -0.133. The van der Waals surface area contributed by atoms with E-state index in [1.807, 2.05) is 42.5 Å². The summed E-state index contributed by atoms with van der Waals surface area (Å²) in [5.74, 6) is -0.211. The Kier molecular flexibility index (Phi) is 3.93. The van der Waals surface area contributed by atoms with Gasteiger partial charge < -0.3 is 15.3 Å². The van der Waals surface area contributed by atoms with E-state index in [1.165, 1.54) is 12.1 Å². The summed E-state index contributed by atoms with van der Waals surface area (Å²) in [6, 6.07) is 20.0. The van der Waals surface area contributed by atoms with Crippen molar-refractivity contribution in [1.29, 1.82) is 0 Å². The number of aromatic hydroxyl groups is 3. The molecule has 0 atom stereocenters. The topological polar surface area (TPSA) is 73.1 Å². The molecule has 0 amide bonds. The predicted molar refractivity (Wildman–Crippen MR) is 104 cm³/mol. The van der Waals surface area contributed by atoms with Gasteiger partial charge in [-0.05, 0) is 28.5 Å². The molecule has 128 valence electrons. The molecular weight excluding hydrogens is 326 g/mol. The van der Waals surface area contributed by atoms with E-state index in [2.05, 4.69) is 4.99 Å². The number of hydrogen-bond acceptors (Lipinski definition) is 4. The van der Waals surface area contributed by atoms with Crippen LogP contribution in [0.4, 0.5) is 0 Å². The van der Waals surface area contributed by atoms with Gasteiger partial charge in [-0.3, -0.25) is 4.99 Å². The van der Waals surface area contributed by atoms with E-state index >= 15 is 0 Å². The lowest BCUT2D eigenvalue weighted by molar-refractivity contribution is 0.460. The number of nitrogens with zero attached hydrogens (tertiary/aromatic N) is 1. The van der Waals surface area contributed by atoms with E-state index < -0.39 is 0 Å². The van der Waals surface area contributed by atoms with Crippen molar-refractivity contribution in [3.63, 3.8) is 0 Å². The maximum absolute atomic E-state index is 10.6. The van der Waals surface area contributed by atoms with Crippen LogP contribution in [0, 0.1) is 0 Å². The molecule has 0 aromatic heterocycles. The zero-order valence-corrected chi connectivity index (χ0v) is 13.9. The SMILES string of the molecule is Oc1cccc2c(C=NCc3ccccc3)c3cccc(O)c3c(O)c12. The molecule has 0 aliphatic carbocycles. The van der Waals surface area contributed by atoms with Crippen LogP contribution >= 0.6 is 0 Å². The highest BCUT2D eigenvalue weighted by atomic mass is 16.3. The minimum Gasteiger partial charge on any atom is -0.507 e. The number of hydrogen-bond donors (Lipinski definition) is 3. The highest BCUT2D eigenvalue weighted by Crippen LogP contribution is 2.44. The Hall–Kier alpha value is -3.53. The van der Waals surface area contributed by atoms with Crippen LogP contribution in [-0.4, -0.2) is 21.5 Å². The van der Waals surface area contributed by atoms with Gasteiger partial charge in [0, 0.05) is 11.8 Å². The molecule has 0 fully saturated rings. The maximum Gasteiger partial charge on any atom is 0.138 e. The third kappa shape index (κ3) is 2.62. The molecule has 0 saturated carbocycles. The van der Waals surface area contributed by atoms with Crippen molar-refractivity contribution < 1.29 is 15.3 Å². The van der Waals surface area contributed by atoms with Crippen LogP contribution in [-0.2, 0) is 6.54 Å². The minimum absolute atomic E-state index is 0.0390. The number of rotatable bonds is 3. The molecule has 4 aromatic carbocycles. The Balaban J connectivity index is 1.95. The quantitative estimate of drug-likeness (QED) is 0.372. The van der Waals surface area contributed by atoms with Crippen molar-refractivity contribution in [3.8, 4) is 17.2 Å². The van der Waals surface area contributed by atoms with E-state index in [4.69, 9.17) is 0 Å². The molecule has 3 N–H and O–H groups in total. The van der Waals surface area contributed by atoms with Crippen molar-refractivity contribution in [2.24, 2.45) is 4.99 Å². The second kappa shape index (κ2) is 6.41. The van der Waals surface area contributed by atoms with Gasteiger partial charge in [0.1, 0.15) is 17.2 Å². The van der Waals surface area contributed by atoms with Gasteiger partial charge in [0.2, 0.25) is 0 Å². The fraction of sp³-hybridized carbons (Fsp3) is 0.0455. The fourth-order valence-corrected chi connectivity index (χ4v) is 3.26. The van der Waals surface area contributed by atoms with Crippen LogP contribution in [0.5, 0.6) is 17.2 Å². The standard InChI is InChI=1S/C22H17NO3/c24-18-10-4-8-15-17(13-23-12-14-6-2-1-3-7-14)16-9-5-11-19(25)21(16)22(26)20(15)18/h1-11,13,24-26H,12H2. The van der Waals surface area contributed by atoms with E-state index in [0.717, 1.165) is 11.1 Å². The molecule has 0 aliphatic rings. The van der Waals surface area contributed by atoms with E-state index in [9.17, 15) is 15.3 Å². The molecule has 0 bridgehead atoms. The first-order valence-corrected chi connectivity index (χ1v) is 8.29. The highest BCUT2D eigenvalue weighted by Gasteiger charge is 2.17. The number of benzene rings is 4. The van der Waals surface area contributed by atoms with Gasteiger partial charge >= 0.3 is 0 Å². The third-order valence-corrected chi connectivity index (χ3v) is 4.48. The second-order valence-electron chi connectivity index (χ2n) is 6.12. The molecule has 4 nitrogen and oxygen atoms in total. The Morgan fingerprint density at radius 3 is 1.85 bits per heavy atom. The van der Waals surface area contributed by atoms with Crippen LogP contribution in [0.1, 0.15) is 11.1 Å². The summed E-state index contributed by atoms with van der Waals surface area (Å²) in [5, 5.41) is 33.1. The van der Waals surface area contributed by atoms with Crippen molar-refractivity contribution in [1.82, 2.24) is 0 Å². The van der Waals surface area contributed by atoms with Gasteiger partial charge in [0.25, 0.3) is 0 Å². The average Bonchev–Trinajstić information content (AvgIpc) is 2.65. The summed E-state index contributed by atoms with van der Waals surface area (Å²) in [6.07, 6.45) is 1.73. The van der Waals surface area contributed by atoms with Crippen LogP contribution < -0.4 is 0 Å². The van der Waals surface area contributed by atoms with Gasteiger partial charge in [-0.25, -0.2) is 0 Å². The lowest BCUT2D eigenvalue weighted by Crippen LogP contribution is -1.91. The molecule has 26 heavy (non-hydrogen) atoms. The van der Waals surface area contributed by atoms with Crippen LogP contribution in [0.3, 0.4) is 0 Å². The van der Waals surface area contributed by atoms with E-state index in [1.54, 1.807) is 18.3 Å². The largest absolute Gasteiger partial charge is 0.507 e. The Morgan fingerprint density at radius 2 is 1.27 bits per heavy atom. The molecular formula is C22H17NO3. The van der Waals surface area contributed by atoms with Gasteiger partial charge in [0.05, 0.1) is 17.3 Å². The highest BCUT2D eigenvalue weighted by molar-refractivity contribution is 6.19. The molecule has 0 saturated heterocycles. The summed E-state index contributed by atoms with van der Waals surface area (Å²) in [4.78, 5) is 4.53. The normalized spacial score (nSPS) is 11.5. The lowest BCUT2D eigenvalue weighted by atomic mass is 9.95. The number of aliphatic imine (C=N–C) groups is 1. The molecule has 0 heterocycles. The summed E-state index contributed by atoms with van der Waals surface area (Å²) >= 11 is 0. The van der Waals surface area contributed by atoms with Crippen molar-refractivity contribution >= 4 is 27.8 Å². The van der Waals surface area contributed by atoms with Gasteiger partial charge in [-0.1, -0.05) is 54.6 Å². The van der Waals surface area contributed by atoms with Gasteiger partial charge in [0.15, 0.2) is 0 Å². The first kappa shape index (κ1) is 16.0. The van der Waals surface area contributed by atoms with Gasteiger partial charge in [-0.2, -0.15) is 0 Å². The molecule has 4 aromatic rings. The van der Waals surface area contributed by atoms with E-state index in [-0.39, 0.29) is 17.2 Å². The Bertz CT molecular complexity index is 1070. The predicted octanol–water partition coefficient (Wildman–Crippen LogP) is 4.73. The third-order valence-electron chi connectivity index (χ3n) is 4.48. The monoisotopic (exact) mass is 343 g/mol. The summed E-state index contributed by atoms with van der Waals surface area (Å²) in [7, 11) is 0. The summed E-state index contributed by atoms with van der Waals surface area (Å²) in [6.45, 7) is 0.516. The number of phenolic OH excluding ortho intramolecular Hbond substituents is 3. The summed E-state index contributed by atoms with van der Waals surface area (Å²) in [5.41, 5.74) is 1.83.